The van der Waals surface area contributed by atoms with Crippen molar-refractivity contribution in [3.05, 3.63) is 51.2 Å². The van der Waals surface area contributed by atoms with Crippen LogP contribution >= 0.6 is 11.6 Å². The van der Waals surface area contributed by atoms with Crippen molar-refractivity contribution in [3.63, 3.8) is 0 Å². The molecule has 1 aromatic carbocycles. The second-order valence-electron chi connectivity index (χ2n) is 5.54. The van der Waals surface area contributed by atoms with Gasteiger partial charge in [0, 0.05) is 6.20 Å². The van der Waals surface area contributed by atoms with Crippen molar-refractivity contribution in [3.8, 4) is 22.9 Å². The maximum Gasteiger partial charge on any atom is 0.259 e. The highest BCUT2D eigenvalue weighted by Gasteiger charge is 2.21. The summed E-state index contributed by atoms with van der Waals surface area (Å²) in [6.07, 6.45) is 2.89. The molecule has 0 saturated carbocycles. The molecular formula is C17H15ClFN3O2. The lowest BCUT2D eigenvalue weighted by molar-refractivity contribution is 0.163. The minimum absolute atomic E-state index is 0.0625. The predicted molar refractivity (Wildman–Crippen MR) is 88.7 cm³/mol. The summed E-state index contributed by atoms with van der Waals surface area (Å²) in [5.41, 5.74) is -0.0194. The first-order chi connectivity index (χ1) is 11.6. The van der Waals surface area contributed by atoms with Gasteiger partial charge in [-0.3, -0.25) is 4.79 Å². The third-order valence-corrected chi connectivity index (χ3v) is 4.23. The van der Waals surface area contributed by atoms with Crippen LogP contribution < -0.4 is 15.6 Å². The standard InChI is InChI=1S/C17H15ClFN3O2/c18-13-9-22-17(23)15(10-1-2-11(8-20)14(19)7-10)16(13)24-12-3-5-21-6-4-12/h1-2,7,9,12,21H,3-6H2,(H,22,23). The Morgan fingerprint density at radius 2 is 2.08 bits per heavy atom. The lowest BCUT2D eigenvalue weighted by atomic mass is 10.0. The Labute approximate surface area is 143 Å². The van der Waals surface area contributed by atoms with Crippen LogP contribution in [0.5, 0.6) is 5.75 Å². The number of rotatable bonds is 3. The molecular weight excluding hydrogens is 333 g/mol. The summed E-state index contributed by atoms with van der Waals surface area (Å²) in [5.74, 6) is -0.446. The van der Waals surface area contributed by atoms with Gasteiger partial charge in [0.1, 0.15) is 18.0 Å². The summed E-state index contributed by atoms with van der Waals surface area (Å²) in [6.45, 7) is 1.65. The average Bonchev–Trinajstić information content (AvgIpc) is 2.59. The van der Waals surface area contributed by atoms with E-state index in [1.54, 1.807) is 6.07 Å². The maximum atomic E-state index is 13.9. The van der Waals surface area contributed by atoms with E-state index in [-0.39, 0.29) is 28.0 Å². The van der Waals surface area contributed by atoms with Gasteiger partial charge in [-0.05, 0) is 43.6 Å². The van der Waals surface area contributed by atoms with Gasteiger partial charge in [-0.15, -0.1) is 0 Å². The number of piperidine rings is 1. The minimum atomic E-state index is -0.692. The summed E-state index contributed by atoms with van der Waals surface area (Å²) in [7, 11) is 0. The number of halogens is 2. The molecule has 7 heteroatoms. The molecule has 0 atom stereocenters. The molecule has 1 aliphatic heterocycles. The average molecular weight is 348 g/mol. The van der Waals surface area contributed by atoms with Crippen LogP contribution in [0.3, 0.4) is 0 Å². The Balaban J connectivity index is 2.06. The monoisotopic (exact) mass is 347 g/mol. The normalized spacial score (nSPS) is 15.0. The molecule has 1 saturated heterocycles. The summed E-state index contributed by atoms with van der Waals surface area (Å²) in [6, 6.07) is 5.75. The van der Waals surface area contributed by atoms with E-state index in [9.17, 15) is 9.18 Å². The van der Waals surface area contributed by atoms with Gasteiger partial charge < -0.3 is 15.0 Å². The summed E-state index contributed by atoms with van der Waals surface area (Å²) in [4.78, 5) is 14.8. The van der Waals surface area contributed by atoms with Crippen molar-refractivity contribution >= 4 is 11.6 Å². The van der Waals surface area contributed by atoms with Gasteiger partial charge in [0.25, 0.3) is 5.56 Å². The zero-order chi connectivity index (χ0) is 17.1. The molecule has 2 N–H and O–H groups in total. The molecule has 24 heavy (non-hydrogen) atoms. The first kappa shape index (κ1) is 16.5. The molecule has 2 aromatic rings. The van der Waals surface area contributed by atoms with Crippen molar-refractivity contribution in [2.24, 2.45) is 0 Å². The number of hydrogen-bond donors (Lipinski definition) is 2. The van der Waals surface area contributed by atoms with Gasteiger partial charge >= 0.3 is 0 Å². The number of benzene rings is 1. The Morgan fingerprint density at radius 3 is 2.75 bits per heavy atom. The molecule has 2 heterocycles. The van der Waals surface area contributed by atoms with E-state index in [1.807, 2.05) is 0 Å². The molecule has 1 aromatic heterocycles. The van der Waals surface area contributed by atoms with E-state index in [1.165, 1.54) is 18.3 Å². The number of hydrogen-bond acceptors (Lipinski definition) is 4. The lowest BCUT2D eigenvalue weighted by Gasteiger charge is -2.25. The number of pyridine rings is 1. The SMILES string of the molecule is N#Cc1ccc(-c2c(OC3CCNCC3)c(Cl)c[nH]c2=O)cc1F. The third-order valence-electron chi connectivity index (χ3n) is 3.95. The van der Waals surface area contributed by atoms with Crippen molar-refractivity contribution in [2.45, 2.75) is 18.9 Å². The molecule has 1 fully saturated rings. The van der Waals surface area contributed by atoms with E-state index in [0.717, 1.165) is 32.0 Å². The number of ether oxygens (including phenoxy) is 1. The quantitative estimate of drug-likeness (QED) is 0.895. The van der Waals surface area contributed by atoms with Crippen LogP contribution in [0.2, 0.25) is 5.02 Å². The van der Waals surface area contributed by atoms with Crippen molar-refractivity contribution in [1.29, 1.82) is 5.26 Å². The van der Waals surface area contributed by atoms with Crippen LogP contribution in [0, 0.1) is 17.1 Å². The first-order valence-electron chi connectivity index (χ1n) is 7.58. The number of aromatic nitrogens is 1. The Kier molecular flexibility index (Phi) is 4.84. The number of H-pyrrole nitrogens is 1. The van der Waals surface area contributed by atoms with Crippen molar-refractivity contribution < 1.29 is 9.13 Å². The van der Waals surface area contributed by atoms with E-state index < -0.39 is 11.4 Å². The summed E-state index contributed by atoms with van der Waals surface area (Å²) >= 11 is 6.21. The Bertz CT molecular complexity index is 854. The molecule has 0 bridgehead atoms. The van der Waals surface area contributed by atoms with Gasteiger partial charge in [-0.2, -0.15) is 5.26 Å². The molecule has 124 valence electrons. The Hall–Kier alpha value is -2.36. The molecule has 1 aliphatic rings. The van der Waals surface area contributed by atoms with E-state index in [4.69, 9.17) is 21.6 Å². The van der Waals surface area contributed by atoms with Crippen LogP contribution in [0.4, 0.5) is 4.39 Å². The minimum Gasteiger partial charge on any atom is -0.488 e. The zero-order valence-electron chi connectivity index (χ0n) is 12.7. The molecule has 5 nitrogen and oxygen atoms in total. The van der Waals surface area contributed by atoms with Gasteiger partial charge in [-0.25, -0.2) is 4.39 Å². The van der Waals surface area contributed by atoms with Crippen molar-refractivity contribution in [2.75, 3.05) is 13.1 Å². The largest absolute Gasteiger partial charge is 0.488 e. The number of nitriles is 1. The fourth-order valence-corrected chi connectivity index (χ4v) is 2.90. The van der Waals surface area contributed by atoms with Crippen LogP contribution in [-0.4, -0.2) is 24.2 Å². The molecule has 0 aliphatic carbocycles. The predicted octanol–water partition coefficient (Wildman–Crippen LogP) is 2.84. The third kappa shape index (κ3) is 3.28. The van der Waals surface area contributed by atoms with Gasteiger partial charge in [-0.1, -0.05) is 17.7 Å². The molecule has 0 spiro atoms. The highest BCUT2D eigenvalue weighted by atomic mass is 35.5. The summed E-state index contributed by atoms with van der Waals surface area (Å²) in [5, 5.41) is 12.3. The second kappa shape index (κ2) is 7.04. The van der Waals surface area contributed by atoms with Crippen molar-refractivity contribution in [1.82, 2.24) is 10.3 Å². The Morgan fingerprint density at radius 1 is 1.33 bits per heavy atom. The van der Waals surface area contributed by atoms with E-state index in [0.29, 0.717) is 5.56 Å². The number of nitrogens with one attached hydrogen (secondary N) is 2. The number of aromatic amines is 1. The topological polar surface area (TPSA) is 77.9 Å². The lowest BCUT2D eigenvalue weighted by Crippen LogP contribution is -2.34. The zero-order valence-corrected chi connectivity index (χ0v) is 13.5. The van der Waals surface area contributed by atoms with Crippen LogP contribution in [0.25, 0.3) is 11.1 Å². The van der Waals surface area contributed by atoms with E-state index >= 15 is 0 Å². The molecule has 0 amide bonds. The highest BCUT2D eigenvalue weighted by molar-refractivity contribution is 6.32. The fraction of sp³-hybridized carbons (Fsp3) is 0.294. The molecule has 0 radical (unpaired) electrons. The molecule has 3 rings (SSSR count). The number of nitrogens with zero attached hydrogens (tertiary/aromatic N) is 1. The smallest absolute Gasteiger partial charge is 0.259 e. The van der Waals surface area contributed by atoms with Crippen LogP contribution in [-0.2, 0) is 0 Å². The molecule has 0 unspecified atom stereocenters. The summed E-state index contributed by atoms with van der Waals surface area (Å²) < 4.78 is 19.9. The van der Waals surface area contributed by atoms with Crippen LogP contribution in [0.1, 0.15) is 18.4 Å². The van der Waals surface area contributed by atoms with E-state index in [2.05, 4.69) is 10.3 Å². The van der Waals surface area contributed by atoms with Gasteiger partial charge in [0.05, 0.1) is 16.1 Å². The second-order valence-corrected chi connectivity index (χ2v) is 5.95. The first-order valence-corrected chi connectivity index (χ1v) is 7.96. The van der Waals surface area contributed by atoms with Crippen LogP contribution in [0.15, 0.2) is 29.2 Å². The fourth-order valence-electron chi connectivity index (χ4n) is 2.71. The highest BCUT2D eigenvalue weighted by Crippen LogP contribution is 2.35. The maximum absolute atomic E-state index is 13.9. The van der Waals surface area contributed by atoms with Gasteiger partial charge in [0.2, 0.25) is 0 Å². The van der Waals surface area contributed by atoms with Gasteiger partial charge in [0.15, 0.2) is 5.75 Å².